The van der Waals surface area contributed by atoms with Gasteiger partial charge >= 0.3 is 0 Å². The molecule has 0 aromatic carbocycles. The minimum atomic E-state index is -0.0492. The van der Waals surface area contributed by atoms with Crippen LogP contribution in [0.2, 0.25) is 0 Å². The average molecular weight is 259 g/mol. The standard InChI is InChI=1S/C11H21N3O2S/c12-4-5-13-10(15)8-17-9-11(16)14-6-2-1-3-7-14/h1-9,12H2,(H,13,15). The first-order chi connectivity index (χ1) is 8.24. The summed E-state index contributed by atoms with van der Waals surface area (Å²) in [6, 6.07) is 0. The van der Waals surface area contributed by atoms with Crippen molar-refractivity contribution >= 4 is 23.6 Å². The lowest BCUT2D eigenvalue weighted by molar-refractivity contribution is -0.129. The molecule has 1 aliphatic heterocycles. The van der Waals surface area contributed by atoms with Crippen LogP contribution < -0.4 is 11.1 Å². The van der Waals surface area contributed by atoms with Crippen molar-refractivity contribution < 1.29 is 9.59 Å². The van der Waals surface area contributed by atoms with Crippen LogP contribution in [0.25, 0.3) is 0 Å². The van der Waals surface area contributed by atoms with E-state index in [-0.39, 0.29) is 11.8 Å². The van der Waals surface area contributed by atoms with E-state index in [9.17, 15) is 9.59 Å². The zero-order chi connectivity index (χ0) is 12.5. The molecular weight excluding hydrogens is 238 g/mol. The van der Waals surface area contributed by atoms with Gasteiger partial charge in [0, 0.05) is 26.2 Å². The molecule has 0 saturated carbocycles. The Bertz CT molecular complexity index is 255. The normalized spacial score (nSPS) is 15.7. The molecule has 0 aromatic heterocycles. The molecule has 1 heterocycles. The zero-order valence-corrected chi connectivity index (χ0v) is 10.9. The van der Waals surface area contributed by atoms with E-state index in [4.69, 9.17) is 5.73 Å². The minimum Gasteiger partial charge on any atom is -0.354 e. The summed E-state index contributed by atoms with van der Waals surface area (Å²) in [6.45, 7) is 2.69. The van der Waals surface area contributed by atoms with E-state index < -0.39 is 0 Å². The number of nitrogens with two attached hydrogens (primary N) is 1. The van der Waals surface area contributed by atoms with Crippen molar-refractivity contribution in [2.75, 3.05) is 37.7 Å². The molecule has 1 fully saturated rings. The Hall–Kier alpha value is -0.750. The van der Waals surface area contributed by atoms with Crippen molar-refractivity contribution in [3.8, 4) is 0 Å². The molecule has 1 rings (SSSR count). The summed E-state index contributed by atoms with van der Waals surface area (Å²) >= 11 is 1.37. The van der Waals surface area contributed by atoms with Gasteiger partial charge in [0.1, 0.15) is 0 Å². The number of hydrogen-bond acceptors (Lipinski definition) is 4. The Morgan fingerprint density at radius 3 is 2.53 bits per heavy atom. The van der Waals surface area contributed by atoms with E-state index in [1.807, 2.05) is 4.90 Å². The van der Waals surface area contributed by atoms with Crippen LogP contribution in [-0.4, -0.2) is 54.4 Å². The molecule has 0 unspecified atom stereocenters. The number of carbonyl (C=O) groups excluding carboxylic acids is 2. The summed E-state index contributed by atoms with van der Waals surface area (Å²) in [5.74, 6) is 0.837. The first-order valence-electron chi connectivity index (χ1n) is 6.06. The summed E-state index contributed by atoms with van der Waals surface area (Å²) in [5.41, 5.74) is 5.27. The first-order valence-corrected chi connectivity index (χ1v) is 7.22. The molecule has 1 aliphatic rings. The second kappa shape index (κ2) is 8.36. The van der Waals surface area contributed by atoms with Gasteiger partial charge in [0.05, 0.1) is 11.5 Å². The van der Waals surface area contributed by atoms with Crippen molar-refractivity contribution in [1.29, 1.82) is 0 Å². The van der Waals surface area contributed by atoms with Gasteiger partial charge in [0.15, 0.2) is 0 Å². The van der Waals surface area contributed by atoms with Crippen LogP contribution >= 0.6 is 11.8 Å². The van der Waals surface area contributed by atoms with Gasteiger partial charge in [-0.25, -0.2) is 0 Å². The fraction of sp³-hybridized carbons (Fsp3) is 0.818. The largest absolute Gasteiger partial charge is 0.354 e. The number of rotatable bonds is 6. The molecule has 5 nitrogen and oxygen atoms in total. The van der Waals surface area contributed by atoms with Gasteiger partial charge in [-0.3, -0.25) is 9.59 Å². The zero-order valence-electron chi connectivity index (χ0n) is 10.1. The van der Waals surface area contributed by atoms with Gasteiger partial charge < -0.3 is 16.0 Å². The summed E-state index contributed by atoms with van der Waals surface area (Å²) in [7, 11) is 0. The Morgan fingerprint density at radius 1 is 1.18 bits per heavy atom. The maximum atomic E-state index is 11.7. The average Bonchev–Trinajstić information content (AvgIpc) is 2.37. The number of carbonyl (C=O) groups is 2. The highest BCUT2D eigenvalue weighted by Gasteiger charge is 2.16. The van der Waals surface area contributed by atoms with Gasteiger partial charge in [-0.15, -0.1) is 11.8 Å². The lowest BCUT2D eigenvalue weighted by atomic mass is 10.1. The maximum absolute atomic E-state index is 11.7. The number of thioether (sulfide) groups is 1. The molecule has 1 saturated heterocycles. The van der Waals surface area contributed by atoms with Crippen LogP contribution in [-0.2, 0) is 9.59 Å². The predicted molar refractivity (Wildman–Crippen MR) is 69.8 cm³/mol. The fourth-order valence-electron chi connectivity index (χ4n) is 1.73. The quantitative estimate of drug-likeness (QED) is 0.693. The van der Waals surface area contributed by atoms with Crippen LogP contribution in [0.3, 0.4) is 0 Å². The third-order valence-electron chi connectivity index (χ3n) is 2.63. The van der Waals surface area contributed by atoms with E-state index >= 15 is 0 Å². The van der Waals surface area contributed by atoms with Gasteiger partial charge in [-0.05, 0) is 19.3 Å². The molecule has 0 bridgehead atoms. The Balaban J connectivity index is 2.08. The molecule has 0 aliphatic carbocycles. The molecule has 2 amide bonds. The number of nitrogens with zero attached hydrogens (tertiary/aromatic N) is 1. The number of piperidine rings is 1. The van der Waals surface area contributed by atoms with Crippen molar-refractivity contribution in [1.82, 2.24) is 10.2 Å². The second-order valence-corrected chi connectivity index (χ2v) is 5.06. The fourth-order valence-corrected chi connectivity index (χ4v) is 2.47. The van der Waals surface area contributed by atoms with E-state index in [0.717, 1.165) is 25.9 Å². The van der Waals surface area contributed by atoms with Crippen LogP contribution in [0.15, 0.2) is 0 Å². The monoisotopic (exact) mass is 259 g/mol. The number of amides is 2. The smallest absolute Gasteiger partial charge is 0.232 e. The number of nitrogens with one attached hydrogen (secondary N) is 1. The van der Waals surface area contributed by atoms with Crippen LogP contribution in [0.4, 0.5) is 0 Å². The topological polar surface area (TPSA) is 75.4 Å². The summed E-state index contributed by atoms with van der Waals surface area (Å²) < 4.78 is 0. The third kappa shape index (κ3) is 5.93. The highest BCUT2D eigenvalue weighted by atomic mass is 32.2. The van der Waals surface area contributed by atoms with Crippen molar-refractivity contribution in [2.24, 2.45) is 5.73 Å². The molecule has 0 radical (unpaired) electrons. The predicted octanol–water partition coefficient (Wildman–Crippen LogP) is -0.193. The number of likely N-dealkylation sites (tertiary alicyclic amines) is 1. The summed E-state index contributed by atoms with van der Waals surface area (Å²) in [5, 5.41) is 2.68. The van der Waals surface area contributed by atoms with Gasteiger partial charge in [0.2, 0.25) is 11.8 Å². The van der Waals surface area contributed by atoms with Gasteiger partial charge in [0.25, 0.3) is 0 Å². The van der Waals surface area contributed by atoms with Gasteiger partial charge in [-0.2, -0.15) is 0 Å². The Morgan fingerprint density at radius 2 is 1.88 bits per heavy atom. The number of hydrogen-bond donors (Lipinski definition) is 2. The molecule has 0 atom stereocenters. The van der Waals surface area contributed by atoms with Crippen molar-refractivity contribution in [3.05, 3.63) is 0 Å². The molecule has 3 N–H and O–H groups in total. The van der Waals surface area contributed by atoms with Crippen LogP contribution in [0, 0.1) is 0 Å². The van der Waals surface area contributed by atoms with Crippen LogP contribution in [0.1, 0.15) is 19.3 Å². The molecule has 0 aromatic rings. The molecular formula is C11H21N3O2S. The Kier molecular flexibility index (Phi) is 7.04. The highest BCUT2D eigenvalue weighted by Crippen LogP contribution is 2.11. The van der Waals surface area contributed by atoms with Crippen LogP contribution in [0.5, 0.6) is 0 Å². The molecule has 0 spiro atoms. The highest BCUT2D eigenvalue weighted by molar-refractivity contribution is 8.00. The maximum Gasteiger partial charge on any atom is 0.232 e. The van der Waals surface area contributed by atoms with E-state index in [0.29, 0.717) is 24.6 Å². The SMILES string of the molecule is NCCNC(=O)CSCC(=O)N1CCCCC1. The molecule has 6 heteroatoms. The summed E-state index contributed by atoms with van der Waals surface area (Å²) in [6.07, 6.45) is 3.43. The van der Waals surface area contributed by atoms with Gasteiger partial charge in [-0.1, -0.05) is 0 Å². The van der Waals surface area contributed by atoms with E-state index in [1.165, 1.54) is 18.2 Å². The summed E-state index contributed by atoms with van der Waals surface area (Å²) in [4.78, 5) is 24.9. The third-order valence-corrected chi connectivity index (χ3v) is 3.55. The molecule has 98 valence electrons. The van der Waals surface area contributed by atoms with E-state index in [1.54, 1.807) is 0 Å². The first kappa shape index (κ1) is 14.3. The second-order valence-electron chi connectivity index (χ2n) is 4.07. The lowest BCUT2D eigenvalue weighted by Crippen LogP contribution is -2.37. The molecule has 17 heavy (non-hydrogen) atoms. The lowest BCUT2D eigenvalue weighted by Gasteiger charge is -2.26. The minimum absolute atomic E-state index is 0.0492. The van der Waals surface area contributed by atoms with Crippen molar-refractivity contribution in [2.45, 2.75) is 19.3 Å². The Labute approximate surface area is 106 Å². The van der Waals surface area contributed by atoms with E-state index in [2.05, 4.69) is 5.32 Å². The van der Waals surface area contributed by atoms with Crippen molar-refractivity contribution in [3.63, 3.8) is 0 Å².